The lowest BCUT2D eigenvalue weighted by molar-refractivity contribution is -0.123. The highest BCUT2D eigenvalue weighted by Gasteiger charge is 2.36. The van der Waals surface area contributed by atoms with Crippen LogP contribution in [0, 0.1) is 17.6 Å². The molecule has 1 unspecified atom stereocenters. The van der Waals surface area contributed by atoms with Crippen molar-refractivity contribution in [3.63, 3.8) is 0 Å². The van der Waals surface area contributed by atoms with E-state index in [4.69, 9.17) is 16.3 Å². The molecule has 10 nitrogen and oxygen atoms in total. The van der Waals surface area contributed by atoms with Gasteiger partial charge in [-0.3, -0.25) is 14.4 Å². The molecule has 3 N–H and O–H groups in total. The predicted molar refractivity (Wildman–Crippen MR) is 138 cm³/mol. The summed E-state index contributed by atoms with van der Waals surface area (Å²) < 4.78 is 39.4. The Hall–Kier alpha value is -3.94. The smallest absolute Gasteiger partial charge is 0.287 e. The molecular formula is C25H19ClF2N6O4S. The van der Waals surface area contributed by atoms with Gasteiger partial charge in [-0.25, -0.2) is 13.8 Å². The van der Waals surface area contributed by atoms with Gasteiger partial charge in [-0.2, -0.15) is 4.37 Å². The molecular weight excluding hydrogens is 554 g/mol. The van der Waals surface area contributed by atoms with Gasteiger partial charge in [0.2, 0.25) is 11.7 Å². The predicted octanol–water partition coefficient (Wildman–Crippen LogP) is 3.27. The second-order valence-corrected chi connectivity index (χ2v) is 10.4. The third-order valence-electron chi connectivity index (χ3n) is 6.50. The van der Waals surface area contributed by atoms with Crippen LogP contribution in [-0.4, -0.2) is 51.4 Å². The first-order chi connectivity index (χ1) is 18.8. The third kappa shape index (κ3) is 4.73. The molecule has 1 fully saturated rings. The maximum atomic E-state index is 14.2. The van der Waals surface area contributed by atoms with Gasteiger partial charge in [0, 0.05) is 28.4 Å². The van der Waals surface area contributed by atoms with E-state index < -0.39 is 35.4 Å². The minimum atomic E-state index is -1.04. The van der Waals surface area contributed by atoms with E-state index in [1.54, 1.807) is 0 Å². The van der Waals surface area contributed by atoms with Crippen molar-refractivity contribution >= 4 is 56.8 Å². The van der Waals surface area contributed by atoms with Crippen LogP contribution < -0.4 is 16.0 Å². The number of hydrogen-bond acceptors (Lipinski definition) is 7. The molecule has 14 heteroatoms. The lowest BCUT2D eigenvalue weighted by atomic mass is 10.0. The Morgan fingerprint density at radius 3 is 2.69 bits per heavy atom. The summed E-state index contributed by atoms with van der Waals surface area (Å²) in [6.45, 7) is 1.10. The number of halogens is 3. The molecule has 1 saturated heterocycles. The van der Waals surface area contributed by atoms with Gasteiger partial charge in [-0.1, -0.05) is 11.6 Å². The van der Waals surface area contributed by atoms with Crippen LogP contribution in [0.15, 0.2) is 36.4 Å². The zero-order chi connectivity index (χ0) is 27.3. The molecule has 4 heterocycles. The summed E-state index contributed by atoms with van der Waals surface area (Å²) in [4.78, 5) is 43.6. The monoisotopic (exact) mass is 572 g/mol. The first kappa shape index (κ1) is 25.3. The molecule has 39 heavy (non-hydrogen) atoms. The molecule has 0 saturated carbocycles. The summed E-state index contributed by atoms with van der Waals surface area (Å²) in [5.74, 6) is -2.88. The van der Waals surface area contributed by atoms with E-state index in [0.717, 1.165) is 17.6 Å². The molecule has 0 spiro atoms. The van der Waals surface area contributed by atoms with Crippen LogP contribution >= 0.6 is 23.1 Å². The van der Waals surface area contributed by atoms with E-state index in [0.29, 0.717) is 29.8 Å². The number of ether oxygens (including phenoxy) is 1. The van der Waals surface area contributed by atoms with E-state index >= 15 is 0 Å². The van der Waals surface area contributed by atoms with Crippen LogP contribution in [0.2, 0.25) is 5.02 Å². The Balaban J connectivity index is 1.43. The van der Waals surface area contributed by atoms with Crippen molar-refractivity contribution in [1.82, 2.24) is 24.6 Å². The molecule has 3 amide bonds. The quantitative estimate of drug-likeness (QED) is 0.325. The first-order valence-corrected chi connectivity index (χ1v) is 13.0. The molecule has 6 rings (SSSR count). The number of hydrogen-bond donors (Lipinski definition) is 3. The van der Waals surface area contributed by atoms with Crippen LogP contribution in [0.1, 0.15) is 38.4 Å². The molecule has 0 bridgehead atoms. The van der Waals surface area contributed by atoms with Crippen LogP contribution in [0.4, 0.5) is 14.6 Å². The largest absolute Gasteiger partial charge is 0.381 e. The van der Waals surface area contributed by atoms with Gasteiger partial charge in [0.1, 0.15) is 23.9 Å². The Bertz CT molecular complexity index is 1650. The fraction of sp³-hybridized carbons (Fsp3) is 0.240. The van der Waals surface area contributed by atoms with Gasteiger partial charge >= 0.3 is 0 Å². The van der Waals surface area contributed by atoms with E-state index in [-0.39, 0.29) is 46.1 Å². The van der Waals surface area contributed by atoms with Gasteiger partial charge < -0.3 is 25.3 Å². The number of anilines is 1. The fourth-order valence-electron chi connectivity index (χ4n) is 4.52. The van der Waals surface area contributed by atoms with Crippen molar-refractivity contribution in [2.75, 3.05) is 25.1 Å². The van der Waals surface area contributed by atoms with Gasteiger partial charge in [-0.05, 0) is 47.9 Å². The molecule has 2 aliphatic heterocycles. The number of fused-ring (bicyclic) bond motifs is 2. The number of carbonyl (C=O) groups excluding carboxylic acids is 3. The first-order valence-electron chi connectivity index (χ1n) is 11.9. The Morgan fingerprint density at radius 2 is 1.92 bits per heavy atom. The van der Waals surface area contributed by atoms with Crippen LogP contribution in [0.5, 0.6) is 0 Å². The number of carbonyl (C=O) groups is 3. The van der Waals surface area contributed by atoms with Gasteiger partial charge in [0.15, 0.2) is 5.82 Å². The highest BCUT2D eigenvalue weighted by molar-refractivity contribution is 7.13. The molecule has 2 aromatic heterocycles. The second-order valence-electron chi connectivity index (χ2n) is 9.16. The van der Waals surface area contributed by atoms with E-state index in [2.05, 4.69) is 25.3 Å². The lowest BCUT2D eigenvalue weighted by Crippen LogP contribution is -2.42. The molecule has 0 aliphatic carbocycles. The number of aromatic nitrogens is 3. The van der Waals surface area contributed by atoms with Crippen LogP contribution in [0.3, 0.4) is 0 Å². The molecule has 2 aliphatic rings. The minimum Gasteiger partial charge on any atom is -0.381 e. The molecule has 1 atom stereocenters. The zero-order valence-corrected chi connectivity index (χ0v) is 21.5. The number of nitrogens with zero attached hydrogens (tertiary/aromatic N) is 3. The maximum Gasteiger partial charge on any atom is 0.287 e. The fourth-order valence-corrected chi connectivity index (χ4v) is 5.50. The average Bonchev–Trinajstić information content (AvgIpc) is 3.45. The summed E-state index contributed by atoms with van der Waals surface area (Å²) in [5, 5.41) is 8.66. The minimum absolute atomic E-state index is 0.0348. The summed E-state index contributed by atoms with van der Waals surface area (Å²) in [5.41, 5.74) is 0.395. The van der Waals surface area contributed by atoms with Crippen molar-refractivity contribution in [3.8, 4) is 0 Å². The van der Waals surface area contributed by atoms with E-state index in [9.17, 15) is 23.2 Å². The molecule has 0 radical (unpaired) electrons. The summed E-state index contributed by atoms with van der Waals surface area (Å²) in [6.07, 6.45) is 0. The van der Waals surface area contributed by atoms with Crippen LogP contribution in [0.25, 0.3) is 10.1 Å². The number of rotatable bonds is 6. The van der Waals surface area contributed by atoms with Crippen LogP contribution in [-0.2, 0) is 16.1 Å². The van der Waals surface area contributed by atoms with E-state index in [1.807, 2.05) is 0 Å². The second kappa shape index (κ2) is 9.98. The highest BCUT2D eigenvalue weighted by Crippen LogP contribution is 2.36. The normalized spacial score (nSPS) is 16.9. The number of amides is 3. The zero-order valence-electron chi connectivity index (χ0n) is 20.0. The van der Waals surface area contributed by atoms with E-state index in [1.165, 1.54) is 34.9 Å². The standard InChI is InChI=1S/C25H19ClF2N6O4S/c26-16-3-1-12(27)5-14(16)19-21-22(32-24(36)20-15-6-13(28)2-4-17(15)39-33-20)31-23(34(21)8-18(35)30-19)25(37)29-7-11-9-38-10-11/h1-6,11,19H,7-10H2,(H,29,37)(H,30,35)(H,32,36). The average molecular weight is 573 g/mol. The Kier molecular flexibility index (Phi) is 6.49. The topological polar surface area (TPSA) is 127 Å². The summed E-state index contributed by atoms with van der Waals surface area (Å²) in [6, 6.07) is 6.63. The lowest BCUT2D eigenvalue weighted by Gasteiger charge is -2.28. The van der Waals surface area contributed by atoms with Crippen molar-refractivity contribution in [2.45, 2.75) is 12.6 Å². The van der Waals surface area contributed by atoms with Crippen molar-refractivity contribution in [1.29, 1.82) is 0 Å². The SMILES string of the molecule is O=C1Cn2c(C(=O)NCC3COC3)nc(NC(=O)c3nsc4ccc(F)cc34)c2C(c2cc(F)ccc2Cl)N1. The van der Waals surface area contributed by atoms with Crippen molar-refractivity contribution in [3.05, 3.63) is 75.8 Å². The Morgan fingerprint density at radius 1 is 1.15 bits per heavy atom. The van der Waals surface area contributed by atoms with Crippen molar-refractivity contribution in [2.24, 2.45) is 5.92 Å². The van der Waals surface area contributed by atoms with Gasteiger partial charge in [0.05, 0.1) is 29.6 Å². The van der Waals surface area contributed by atoms with Crippen molar-refractivity contribution < 1.29 is 27.9 Å². The van der Waals surface area contributed by atoms with Gasteiger partial charge in [-0.15, -0.1) is 0 Å². The molecule has 200 valence electrons. The number of benzene rings is 2. The highest BCUT2D eigenvalue weighted by atomic mass is 35.5. The number of nitrogens with one attached hydrogen (secondary N) is 3. The number of imidazole rings is 1. The molecule has 4 aromatic rings. The maximum absolute atomic E-state index is 14.2. The Labute approximate surface area is 228 Å². The van der Waals surface area contributed by atoms with Gasteiger partial charge in [0.25, 0.3) is 11.8 Å². The summed E-state index contributed by atoms with van der Waals surface area (Å²) >= 11 is 7.39. The molecule has 2 aromatic carbocycles. The summed E-state index contributed by atoms with van der Waals surface area (Å²) in [7, 11) is 0. The third-order valence-corrected chi connectivity index (χ3v) is 7.67.